The number of nitrogens with one attached hydrogen (secondary N) is 1. The topological polar surface area (TPSA) is 35.8 Å². The van der Waals surface area contributed by atoms with Crippen molar-refractivity contribution in [1.82, 2.24) is 0 Å². The highest BCUT2D eigenvalue weighted by Crippen LogP contribution is 2.27. The molecular formula is C18H20N2. The summed E-state index contributed by atoms with van der Waals surface area (Å²) in [5.41, 5.74) is 2.50. The van der Waals surface area contributed by atoms with Crippen LogP contribution in [0, 0.1) is 24.2 Å². The van der Waals surface area contributed by atoms with Crippen LogP contribution in [0.3, 0.4) is 0 Å². The predicted octanol–water partition coefficient (Wildman–Crippen LogP) is 4.64. The number of hydrogen-bond donors (Lipinski definition) is 1. The molecule has 0 spiro atoms. The largest absolute Gasteiger partial charge is 0.382 e. The van der Waals surface area contributed by atoms with Crippen molar-refractivity contribution in [3.05, 3.63) is 42.0 Å². The van der Waals surface area contributed by atoms with Gasteiger partial charge < -0.3 is 5.32 Å². The molecule has 102 valence electrons. The summed E-state index contributed by atoms with van der Waals surface area (Å²) in [6.07, 6.45) is 4.26. The lowest BCUT2D eigenvalue weighted by Crippen LogP contribution is -2.25. The van der Waals surface area contributed by atoms with Gasteiger partial charge in [0.2, 0.25) is 0 Å². The summed E-state index contributed by atoms with van der Waals surface area (Å²) in [7, 11) is 0. The van der Waals surface area contributed by atoms with Gasteiger partial charge in [0.25, 0.3) is 0 Å². The van der Waals surface area contributed by atoms with Crippen molar-refractivity contribution in [2.24, 2.45) is 5.92 Å². The normalized spacial score (nSPS) is 22.4. The molecule has 0 heterocycles. The maximum absolute atomic E-state index is 8.94. The summed E-state index contributed by atoms with van der Waals surface area (Å²) in [4.78, 5) is 0. The molecule has 1 N–H and O–H groups in total. The average molecular weight is 264 g/mol. The lowest BCUT2D eigenvalue weighted by molar-refractivity contribution is 0.397. The van der Waals surface area contributed by atoms with Crippen LogP contribution >= 0.6 is 0 Å². The quantitative estimate of drug-likeness (QED) is 0.857. The van der Waals surface area contributed by atoms with Crippen LogP contribution in [0.2, 0.25) is 0 Å². The fourth-order valence-corrected chi connectivity index (χ4v) is 3.06. The van der Waals surface area contributed by atoms with E-state index in [4.69, 9.17) is 5.26 Å². The summed E-state index contributed by atoms with van der Waals surface area (Å²) >= 11 is 0. The number of anilines is 1. The molecule has 2 aromatic carbocycles. The third kappa shape index (κ3) is 2.77. The average Bonchev–Trinajstić information content (AvgIpc) is 2.48. The minimum atomic E-state index is 0.271. The molecule has 1 aliphatic rings. The third-order valence-electron chi connectivity index (χ3n) is 4.28. The number of aryl methyl sites for hydroxylation is 1. The van der Waals surface area contributed by atoms with Crippen LogP contribution in [0.1, 0.15) is 31.2 Å². The second-order valence-corrected chi connectivity index (χ2v) is 5.89. The molecule has 2 heteroatoms. The summed E-state index contributed by atoms with van der Waals surface area (Å²) in [5.74, 6) is 0.271. The van der Waals surface area contributed by atoms with E-state index in [1.165, 1.54) is 22.0 Å². The zero-order valence-electron chi connectivity index (χ0n) is 11.9. The van der Waals surface area contributed by atoms with Crippen molar-refractivity contribution in [3.63, 3.8) is 0 Å². The van der Waals surface area contributed by atoms with Crippen LogP contribution in [0.5, 0.6) is 0 Å². The van der Waals surface area contributed by atoms with Crippen molar-refractivity contribution < 1.29 is 0 Å². The smallest absolute Gasteiger partial charge is 0.0655 e. The van der Waals surface area contributed by atoms with Crippen molar-refractivity contribution in [2.75, 3.05) is 5.32 Å². The lowest BCUT2D eigenvalue weighted by atomic mass is 9.87. The Kier molecular flexibility index (Phi) is 3.60. The summed E-state index contributed by atoms with van der Waals surface area (Å²) in [5, 5.41) is 15.1. The number of nitrogens with zero attached hydrogens (tertiary/aromatic N) is 1. The van der Waals surface area contributed by atoms with Gasteiger partial charge >= 0.3 is 0 Å². The Bertz CT molecular complexity index is 646. The van der Waals surface area contributed by atoms with Crippen LogP contribution < -0.4 is 5.32 Å². The van der Waals surface area contributed by atoms with Crippen molar-refractivity contribution >= 4 is 16.5 Å². The van der Waals surface area contributed by atoms with E-state index in [1.54, 1.807) is 0 Å². The molecule has 0 radical (unpaired) electrons. The Labute approximate surface area is 120 Å². The SMILES string of the molecule is Cc1ccc2cc(NC3CCC(C#N)CC3)ccc2c1. The third-order valence-corrected chi connectivity index (χ3v) is 4.28. The molecular weight excluding hydrogens is 244 g/mol. The molecule has 0 aliphatic heterocycles. The molecule has 0 amide bonds. The van der Waals surface area contributed by atoms with E-state index in [0.717, 1.165) is 25.7 Å². The first kappa shape index (κ1) is 13.0. The second-order valence-electron chi connectivity index (χ2n) is 5.89. The van der Waals surface area contributed by atoms with Crippen LogP contribution in [-0.4, -0.2) is 6.04 Å². The van der Waals surface area contributed by atoms with E-state index in [-0.39, 0.29) is 5.92 Å². The van der Waals surface area contributed by atoms with E-state index in [0.29, 0.717) is 6.04 Å². The van der Waals surface area contributed by atoms with Crippen molar-refractivity contribution in [2.45, 2.75) is 38.6 Å². The van der Waals surface area contributed by atoms with Gasteiger partial charge in [0.1, 0.15) is 0 Å². The highest BCUT2D eigenvalue weighted by Gasteiger charge is 2.20. The molecule has 2 nitrogen and oxygen atoms in total. The van der Waals surface area contributed by atoms with Gasteiger partial charge in [0, 0.05) is 17.6 Å². The Balaban J connectivity index is 1.72. The lowest BCUT2D eigenvalue weighted by Gasteiger charge is -2.26. The fraction of sp³-hybridized carbons (Fsp3) is 0.389. The molecule has 0 saturated heterocycles. The predicted molar refractivity (Wildman–Crippen MR) is 83.7 cm³/mol. The maximum atomic E-state index is 8.94. The minimum absolute atomic E-state index is 0.271. The van der Waals surface area contributed by atoms with Crippen molar-refractivity contribution in [3.8, 4) is 6.07 Å². The Morgan fingerprint density at radius 1 is 1.00 bits per heavy atom. The van der Waals surface area contributed by atoms with E-state index in [9.17, 15) is 0 Å². The fourth-order valence-electron chi connectivity index (χ4n) is 3.06. The highest BCUT2D eigenvalue weighted by molar-refractivity contribution is 5.86. The first-order valence-corrected chi connectivity index (χ1v) is 7.41. The Hall–Kier alpha value is -2.01. The van der Waals surface area contributed by atoms with Gasteiger partial charge in [-0.15, -0.1) is 0 Å². The number of nitriles is 1. The van der Waals surface area contributed by atoms with E-state index in [1.807, 2.05) is 0 Å². The number of hydrogen-bond acceptors (Lipinski definition) is 2. The van der Waals surface area contributed by atoms with E-state index < -0.39 is 0 Å². The van der Waals surface area contributed by atoms with Crippen LogP contribution in [0.15, 0.2) is 36.4 Å². The van der Waals surface area contributed by atoms with Gasteiger partial charge in [-0.1, -0.05) is 29.8 Å². The molecule has 0 aromatic heterocycles. The van der Waals surface area contributed by atoms with Gasteiger partial charge in [-0.05, 0) is 55.5 Å². The first-order valence-electron chi connectivity index (χ1n) is 7.41. The zero-order chi connectivity index (χ0) is 13.9. The molecule has 0 bridgehead atoms. The molecule has 3 rings (SSSR count). The Morgan fingerprint density at radius 3 is 2.45 bits per heavy atom. The van der Waals surface area contributed by atoms with Gasteiger partial charge in [0.15, 0.2) is 0 Å². The van der Waals surface area contributed by atoms with E-state index in [2.05, 4.69) is 54.7 Å². The molecule has 0 atom stereocenters. The molecule has 0 unspecified atom stereocenters. The Morgan fingerprint density at radius 2 is 1.70 bits per heavy atom. The second kappa shape index (κ2) is 5.54. The summed E-state index contributed by atoms with van der Waals surface area (Å²) in [6.45, 7) is 2.12. The van der Waals surface area contributed by atoms with Gasteiger partial charge in [-0.3, -0.25) is 0 Å². The molecule has 2 aromatic rings. The first-order chi connectivity index (χ1) is 9.74. The van der Waals surface area contributed by atoms with Gasteiger partial charge in [-0.2, -0.15) is 5.26 Å². The maximum Gasteiger partial charge on any atom is 0.0655 e. The minimum Gasteiger partial charge on any atom is -0.382 e. The highest BCUT2D eigenvalue weighted by atomic mass is 14.9. The number of benzene rings is 2. The number of rotatable bonds is 2. The standard InChI is InChI=1S/C18H20N2/c1-13-2-5-16-11-18(9-6-15(16)10-13)20-17-7-3-14(12-19)4-8-17/h2,5-6,9-11,14,17,20H,3-4,7-8H2,1H3. The molecule has 1 fully saturated rings. The summed E-state index contributed by atoms with van der Waals surface area (Å²) in [6, 6.07) is 16.0. The molecule has 20 heavy (non-hydrogen) atoms. The summed E-state index contributed by atoms with van der Waals surface area (Å²) < 4.78 is 0. The van der Waals surface area contributed by atoms with Gasteiger partial charge in [0.05, 0.1) is 6.07 Å². The molecule has 1 aliphatic carbocycles. The van der Waals surface area contributed by atoms with Crippen molar-refractivity contribution in [1.29, 1.82) is 5.26 Å². The van der Waals surface area contributed by atoms with Crippen LogP contribution in [0.4, 0.5) is 5.69 Å². The van der Waals surface area contributed by atoms with Gasteiger partial charge in [-0.25, -0.2) is 0 Å². The van der Waals surface area contributed by atoms with Crippen LogP contribution in [0.25, 0.3) is 10.8 Å². The zero-order valence-corrected chi connectivity index (χ0v) is 11.9. The van der Waals surface area contributed by atoms with E-state index >= 15 is 0 Å². The van der Waals surface area contributed by atoms with Crippen LogP contribution in [-0.2, 0) is 0 Å². The monoisotopic (exact) mass is 264 g/mol. The number of fused-ring (bicyclic) bond motifs is 1. The molecule has 1 saturated carbocycles.